The van der Waals surface area contributed by atoms with Crippen LogP contribution in [0.15, 0.2) is 22.7 Å². The Hall–Kier alpha value is -0.740. The van der Waals surface area contributed by atoms with Crippen LogP contribution in [0.4, 0.5) is 8.78 Å². The highest BCUT2D eigenvalue weighted by atomic mass is 79.9. The molecule has 0 aliphatic rings. The van der Waals surface area contributed by atoms with E-state index in [1.54, 1.807) is 19.1 Å². The summed E-state index contributed by atoms with van der Waals surface area (Å²) in [5, 5.41) is 0. The first-order valence-corrected chi connectivity index (χ1v) is 4.88. The van der Waals surface area contributed by atoms with Crippen molar-refractivity contribution in [3.8, 4) is 0 Å². The second-order valence-corrected chi connectivity index (χ2v) is 3.86. The normalized spacial score (nSPS) is 13.5. The Labute approximate surface area is 89.7 Å². The fraction of sp³-hybridized carbons (Fsp3) is 0.200. The van der Waals surface area contributed by atoms with Crippen LogP contribution in [0.5, 0.6) is 0 Å². The average Bonchev–Trinajstić information content (AvgIpc) is 2.09. The number of halogens is 3. The number of hydrogen-bond acceptors (Lipinski definition) is 1. The molecule has 1 aromatic rings. The van der Waals surface area contributed by atoms with Crippen LogP contribution in [0, 0.1) is 11.6 Å². The van der Waals surface area contributed by atoms with Gasteiger partial charge in [0, 0.05) is 10.5 Å². The van der Waals surface area contributed by atoms with Crippen LogP contribution < -0.4 is 5.73 Å². The Balaban J connectivity index is 3.04. The largest absolute Gasteiger partial charge is 0.325 e. The highest BCUT2D eigenvalue weighted by Gasteiger charge is 2.05. The number of nitrogens with two attached hydrogens (primary N) is 1. The number of rotatable bonds is 2. The lowest BCUT2D eigenvalue weighted by Gasteiger charge is -2.01. The molecule has 0 aromatic heterocycles. The highest BCUT2D eigenvalue weighted by molar-refractivity contribution is 9.10. The monoisotopic (exact) mass is 261 g/mol. The van der Waals surface area contributed by atoms with E-state index in [9.17, 15) is 8.78 Å². The zero-order chi connectivity index (χ0) is 10.7. The highest BCUT2D eigenvalue weighted by Crippen LogP contribution is 2.21. The summed E-state index contributed by atoms with van der Waals surface area (Å²) in [5.74, 6) is -1.73. The second-order valence-electron chi connectivity index (χ2n) is 3.01. The summed E-state index contributed by atoms with van der Waals surface area (Å²) in [6.07, 6.45) is 3.36. The van der Waals surface area contributed by atoms with Crippen LogP contribution in [0.2, 0.25) is 0 Å². The van der Waals surface area contributed by atoms with E-state index in [0.29, 0.717) is 10.0 Å². The Morgan fingerprint density at radius 2 is 1.93 bits per heavy atom. The van der Waals surface area contributed by atoms with Crippen molar-refractivity contribution in [3.05, 3.63) is 39.9 Å². The molecule has 1 aromatic carbocycles. The van der Waals surface area contributed by atoms with Crippen molar-refractivity contribution in [2.75, 3.05) is 0 Å². The van der Waals surface area contributed by atoms with Crippen LogP contribution >= 0.6 is 15.9 Å². The Bertz CT molecular complexity index is 361. The zero-order valence-electron chi connectivity index (χ0n) is 7.60. The van der Waals surface area contributed by atoms with Gasteiger partial charge in [0.1, 0.15) is 0 Å². The van der Waals surface area contributed by atoms with Crippen molar-refractivity contribution in [3.63, 3.8) is 0 Å². The van der Waals surface area contributed by atoms with Gasteiger partial charge in [0.05, 0.1) is 0 Å². The SMILES string of the molecule is CC(N)/C=C/c1cc(F)c(F)cc1Br. The van der Waals surface area contributed by atoms with Gasteiger partial charge in [-0.3, -0.25) is 0 Å². The fourth-order valence-corrected chi connectivity index (χ4v) is 1.37. The average molecular weight is 262 g/mol. The molecule has 0 amide bonds. The van der Waals surface area contributed by atoms with Gasteiger partial charge in [-0.2, -0.15) is 0 Å². The second kappa shape index (κ2) is 4.66. The molecule has 0 heterocycles. The molecule has 1 atom stereocenters. The van der Waals surface area contributed by atoms with E-state index in [2.05, 4.69) is 15.9 Å². The molecule has 4 heteroatoms. The standard InChI is InChI=1S/C10H10BrF2N/c1-6(14)2-3-7-4-9(12)10(13)5-8(7)11/h2-6H,14H2,1H3/b3-2+. The molecule has 0 bridgehead atoms. The van der Waals surface area contributed by atoms with E-state index in [4.69, 9.17) is 5.73 Å². The lowest BCUT2D eigenvalue weighted by Crippen LogP contribution is -2.09. The molecule has 0 aliphatic carbocycles. The fourth-order valence-electron chi connectivity index (χ4n) is 0.921. The van der Waals surface area contributed by atoms with Crippen molar-refractivity contribution in [2.24, 2.45) is 5.73 Å². The summed E-state index contributed by atoms with van der Waals surface area (Å²) < 4.78 is 26.0. The zero-order valence-corrected chi connectivity index (χ0v) is 9.18. The maximum atomic E-state index is 12.8. The smallest absolute Gasteiger partial charge is 0.159 e. The van der Waals surface area contributed by atoms with Gasteiger partial charge < -0.3 is 5.73 Å². The molecule has 0 aliphatic heterocycles. The molecule has 0 saturated heterocycles. The molecule has 1 rings (SSSR count). The summed E-state index contributed by atoms with van der Waals surface area (Å²) in [5.41, 5.74) is 6.06. The van der Waals surface area contributed by atoms with E-state index < -0.39 is 11.6 Å². The lowest BCUT2D eigenvalue weighted by molar-refractivity contribution is 0.507. The Kier molecular flexibility index (Phi) is 3.77. The van der Waals surface area contributed by atoms with Crippen molar-refractivity contribution < 1.29 is 8.78 Å². The van der Waals surface area contributed by atoms with Gasteiger partial charge in [0.2, 0.25) is 0 Å². The van der Waals surface area contributed by atoms with Crippen LogP contribution in [-0.4, -0.2) is 6.04 Å². The van der Waals surface area contributed by atoms with Gasteiger partial charge in [-0.15, -0.1) is 0 Å². The van der Waals surface area contributed by atoms with Crippen LogP contribution in [0.25, 0.3) is 6.08 Å². The minimum atomic E-state index is -0.866. The van der Waals surface area contributed by atoms with Crippen LogP contribution in [-0.2, 0) is 0 Å². The molecular formula is C10H10BrF2N. The maximum absolute atomic E-state index is 12.8. The Morgan fingerprint density at radius 3 is 2.50 bits per heavy atom. The van der Waals surface area contributed by atoms with E-state index in [0.717, 1.165) is 12.1 Å². The van der Waals surface area contributed by atoms with E-state index in [-0.39, 0.29) is 6.04 Å². The summed E-state index contributed by atoms with van der Waals surface area (Å²) >= 11 is 3.13. The van der Waals surface area contributed by atoms with Crippen molar-refractivity contribution >= 4 is 22.0 Å². The lowest BCUT2D eigenvalue weighted by atomic mass is 10.2. The molecule has 0 spiro atoms. The third kappa shape index (κ3) is 2.89. The molecule has 1 nitrogen and oxygen atoms in total. The van der Waals surface area contributed by atoms with E-state index in [1.165, 1.54) is 0 Å². The molecule has 76 valence electrons. The molecule has 0 fully saturated rings. The third-order valence-corrected chi connectivity index (χ3v) is 2.31. The Morgan fingerprint density at radius 1 is 1.36 bits per heavy atom. The first-order valence-electron chi connectivity index (χ1n) is 4.09. The summed E-state index contributed by atoms with van der Waals surface area (Å²) in [7, 11) is 0. The number of benzene rings is 1. The van der Waals surface area contributed by atoms with Gasteiger partial charge in [0.15, 0.2) is 11.6 Å². The predicted octanol–water partition coefficient (Wildman–Crippen LogP) is 3.09. The molecule has 0 radical (unpaired) electrons. The quantitative estimate of drug-likeness (QED) is 0.814. The summed E-state index contributed by atoms with van der Waals surface area (Å²) in [6.45, 7) is 1.80. The van der Waals surface area contributed by atoms with Gasteiger partial charge in [-0.25, -0.2) is 8.78 Å². The van der Waals surface area contributed by atoms with Crippen molar-refractivity contribution in [1.82, 2.24) is 0 Å². The van der Waals surface area contributed by atoms with Crippen molar-refractivity contribution in [1.29, 1.82) is 0 Å². The van der Waals surface area contributed by atoms with Crippen LogP contribution in [0.3, 0.4) is 0 Å². The first kappa shape index (κ1) is 11.3. The van der Waals surface area contributed by atoms with Gasteiger partial charge >= 0.3 is 0 Å². The van der Waals surface area contributed by atoms with E-state index >= 15 is 0 Å². The molecule has 2 N–H and O–H groups in total. The first-order chi connectivity index (χ1) is 6.50. The molecule has 14 heavy (non-hydrogen) atoms. The summed E-state index contributed by atoms with van der Waals surface area (Å²) in [4.78, 5) is 0. The van der Waals surface area contributed by atoms with Crippen molar-refractivity contribution in [2.45, 2.75) is 13.0 Å². The predicted molar refractivity (Wildman–Crippen MR) is 56.7 cm³/mol. The van der Waals surface area contributed by atoms with Crippen LogP contribution in [0.1, 0.15) is 12.5 Å². The molecule has 0 saturated carbocycles. The topological polar surface area (TPSA) is 26.0 Å². The van der Waals surface area contributed by atoms with E-state index in [1.807, 2.05) is 0 Å². The minimum absolute atomic E-state index is 0.116. The molecule has 1 unspecified atom stereocenters. The summed E-state index contributed by atoms with van der Waals surface area (Å²) in [6, 6.07) is 2.10. The molecular weight excluding hydrogens is 252 g/mol. The van der Waals surface area contributed by atoms with Gasteiger partial charge in [-0.1, -0.05) is 28.1 Å². The third-order valence-electron chi connectivity index (χ3n) is 1.62. The minimum Gasteiger partial charge on any atom is -0.325 e. The maximum Gasteiger partial charge on any atom is 0.159 e. The van der Waals surface area contributed by atoms with Gasteiger partial charge in [-0.05, 0) is 24.6 Å². The number of hydrogen-bond donors (Lipinski definition) is 1. The van der Waals surface area contributed by atoms with Gasteiger partial charge in [0.25, 0.3) is 0 Å².